The average molecular weight is 486 g/mol. The Morgan fingerprint density at radius 3 is 2.58 bits per heavy atom. The van der Waals surface area contributed by atoms with Crippen molar-refractivity contribution in [2.24, 2.45) is 0 Å². The number of carbonyl (C=O) groups is 2. The smallest absolute Gasteiger partial charge is 0.331 e. The van der Waals surface area contributed by atoms with Crippen LogP contribution in [0.4, 0.5) is 10.1 Å². The van der Waals surface area contributed by atoms with Crippen LogP contribution >= 0.6 is 15.9 Å². The number of nitrogens with zero attached hydrogens (tertiary/aromatic N) is 2. The van der Waals surface area contributed by atoms with Crippen LogP contribution in [0.2, 0.25) is 0 Å². The molecule has 1 heterocycles. The van der Waals surface area contributed by atoms with Gasteiger partial charge in [0.05, 0.1) is 17.1 Å². The third-order valence-electron chi connectivity index (χ3n) is 4.59. The molecule has 3 rings (SSSR count). The van der Waals surface area contributed by atoms with Gasteiger partial charge >= 0.3 is 5.97 Å². The number of rotatable bonds is 6. The number of ether oxygens (including phenoxy) is 1. The molecule has 0 radical (unpaired) electrons. The topological polar surface area (TPSA) is 73.2 Å². The standard InChI is InChI=1S/C23H21BrFN3O3/c1-14-19(15(2)28(27-14)18-7-5-4-6-8-18)10-12-22(29)31-16(3)23(30)26-21-11-9-17(24)13-20(21)25/h4-13,16H,1-3H3,(H,26,30)/b12-10+. The summed E-state index contributed by atoms with van der Waals surface area (Å²) in [5, 5.41) is 6.93. The minimum atomic E-state index is -1.10. The van der Waals surface area contributed by atoms with E-state index in [2.05, 4.69) is 26.3 Å². The lowest BCUT2D eigenvalue weighted by molar-refractivity contribution is -0.148. The molecule has 0 bridgehead atoms. The van der Waals surface area contributed by atoms with Crippen LogP contribution in [0.5, 0.6) is 0 Å². The fourth-order valence-corrected chi connectivity index (χ4v) is 3.29. The molecule has 1 N–H and O–H groups in total. The van der Waals surface area contributed by atoms with Crippen molar-refractivity contribution >= 4 is 39.6 Å². The van der Waals surface area contributed by atoms with E-state index in [4.69, 9.17) is 4.74 Å². The molecule has 0 aliphatic rings. The Labute approximate surface area is 187 Å². The zero-order chi connectivity index (χ0) is 22.5. The molecule has 6 nitrogen and oxygen atoms in total. The van der Waals surface area contributed by atoms with E-state index in [0.717, 1.165) is 22.6 Å². The van der Waals surface area contributed by atoms with Crippen LogP contribution in [0.15, 0.2) is 59.1 Å². The number of carbonyl (C=O) groups excluding carboxylic acids is 2. The molecule has 0 saturated carbocycles. The molecule has 1 unspecified atom stereocenters. The lowest BCUT2D eigenvalue weighted by atomic mass is 10.2. The van der Waals surface area contributed by atoms with E-state index < -0.39 is 23.8 Å². The molecule has 2 aromatic carbocycles. The zero-order valence-electron chi connectivity index (χ0n) is 17.2. The second-order valence-electron chi connectivity index (χ2n) is 6.86. The molecule has 0 aliphatic heterocycles. The lowest BCUT2D eigenvalue weighted by Crippen LogP contribution is -2.29. The van der Waals surface area contributed by atoms with Crippen molar-refractivity contribution in [3.63, 3.8) is 0 Å². The fourth-order valence-electron chi connectivity index (χ4n) is 2.96. The summed E-state index contributed by atoms with van der Waals surface area (Å²) >= 11 is 3.15. The second kappa shape index (κ2) is 9.70. The molecule has 0 fully saturated rings. The van der Waals surface area contributed by atoms with Crippen LogP contribution < -0.4 is 5.32 Å². The van der Waals surface area contributed by atoms with Crippen LogP contribution in [0, 0.1) is 19.7 Å². The summed E-state index contributed by atoms with van der Waals surface area (Å²) in [5.74, 6) is -1.92. The van der Waals surface area contributed by atoms with Crippen molar-refractivity contribution in [3.8, 4) is 5.69 Å². The summed E-state index contributed by atoms with van der Waals surface area (Å²) in [6, 6.07) is 13.9. The van der Waals surface area contributed by atoms with Crippen molar-refractivity contribution in [2.75, 3.05) is 5.32 Å². The van der Waals surface area contributed by atoms with Gasteiger partial charge in [0, 0.05) is 21.8 Å². The second-order valence-corrected chi connectivity index (χ2v) is 7.77. The van der Waals surface area contributed by atoms with E-state index in [1.165, 1.54) is 25.1 Å². The van der Waals surface area contributed by atoms with Gasteiger partial charge in [-0.2, -0.15) is 5.10 Å². The molecule has 0 spiro atoms. The predicted octanol–water partition coefficient (Wildman–Crippen LogP) is 4.97. The molecule has 0 saturated heterocycles. The normalized spacial score (nSPS) is 12.0. The molecular weight excluding hydrogens is 465 g/mol. The number of halogens is 2. The number of aromatic nitrogens is 2. The van der Waals surface area contributed by atoms with E-state index in [1.807, 2.05) is 44.2 Å². The van der Waals surface area contributed by atoms with Gasteiger partial charge in [0.25, 0.3) is 5.91 Å². The molecule has 0 aliphatic carbocycles. The number of hydrogen-bond acceptors (Lipinski definition) is 4. The Balaban J connectivity index is 1.65. The highest BCUT2D eigenvalue weighted by molar-refractivity contribution is 9.10. The average Bonchev–Trinajstić information content (AvgIpc) is 3.02. The first-order chi connectivity index (χ1) is 14.8. The van der Waals surface area contributed by atoms with Crippen molar-refractivity contribution in [1.29, 1.82) is 0 Å². The Bertz CT molecular complexity index is 1140. The first-order valence-electron chi connectivity index (χ1n) is 9.52. The Kier molecular flexibility index (Phi) is 7.02. The predicted molar refractivity (Wildman–Crippen MR) is 120 cm³/mol. The summed E-state index contributed by atoms with van der Waals surface area (Å²) in [6.07, 6.45) is 1.75. The number of hydrogen-bond donors (Lipinski definition) is 1. The Morgan fingerprint density at radius 1 is 1.19 bits per heavy atom. The highest BCUT2D eigenvalue weighted by Crippen LogP contribution is 2.20. The number of nitrogens with one attached hydrogen (secondary N) is 1. The van der Waals surface area contributed by atoms with Gasteiger partial charge in [-0.3, -0.25) is 4.79 Å². The van der Waals surface area contributed by atoms with Gasteiger partial charge < -0.3 is 10.1 Å². The van der Waals surface area contributed by atoms with Crippen molar-refractivity contribution in [2.45, 2.75) is 26.9 Å². The fraction of sp³-hybridized carbons (Fsp3) is 0.174. The van der Waals surface area contributed by atoms with Crippen molar-refractivity contribution in [3.05, 3.63) is 81.8 Å². The number of para-hydroxylation sites is 1. The maximum absolute atomic E-state index is 13.9. The van der Waals surface area contributed by atoms with Crippen LogP contribution in [0.1, 0.15) is 23.9 Å². The molecule has 31 heavy (non-hydrogen) atoms. The number of anilines is 1. The number of aryl methyl sites for hydroxylation is 1. The maximum Gasteiger partial charge on any atom is 0.331 e. The van der Waals surface area contributed by atoms with E-state index in [-0.39, 0.29) is 5.69 Å². The SMILES string of the molecule is Cc1nn(-c2ccccc2)c(C)c1/C=C/C(=O)OC(C)C(=O)Nc1ccc(Br)cc1F. The highest BCUT2D eigenvalue weighted by atomic mass is 79.9. The summed E-state index contributed by atoms with van der Waals surface area (Å²) in [6.45, 7) is 5.17. The van der Waals surface area contributed by atoms with Crippen LogP contribution in [0.3, 0.4) is 0 Å². The monoisotopic (exact) mass is 485 g/mol. The highest BCUT2D eigenvalue weighted by Gasteiger charge is 2.18. The molecule has 8 heteroatoms. The van der Waals surface area contributed by atoms with Gasteiger partial charge in [-0.05, 0) is 57.2 Å². The lowest BCUT2D eigenvalue weighted by Gasteiger charge is -2.13. The van der Waals surface area contributed by atoms with Crippen LogP contribution in [-0.2, 0) is 14.3 Å². The van der Waals surface area contributed by atoms with Gasteiger partial charge in [0.15, 0.2) is 6.10 Å². The minimum absolute atomic E-state index is 0.00576. The van der Waals surface area contributed by atoms with Gasteiger partial charge in [-0.15, -0.1) is 0 Å². The summed E-state index contributed by atoms with van der Waals surface area (Å²) < 4.78 is 21.4. The first-order valence-corrected chi connectivity index (χ1v) is 10.3. The van der Waals surface area contributed by atoms with E-state index >= 15 is 0 Å². The molecule has 1 atom stereocenters. The zero-order valence-corrected chi connectivity index (χ0v) is 18.8. The third-order valence-corrected chi connectivity index (χ3v) is 5.08. The third kappa shape index (κ3) is 5.46. The van der Waals surface area contributed by atoms with E-state index in [0.29, 0.717) is 4.47 Å². The van der Waals surface area contributed by atoms with E-state index in [9.17, 15) is 14.0 Å². The summed E-state index contributed by atoms with van der Waals surface area (Å²) in [5.41, 5.74) is 3.32. The molecular formula is C23H21BrFN3O3. The number of benzene rings is 2. The molecule has 3 aromatic rings. The number of esters is 1. The van der Waals surface area contributed by atoms with Gasteiger partial charge in [0.2, 0.25) is 0 Å². The number of amides is 1. The summed E-state index contributed by atoms with van der Waals surface area (Å²) in [7, 11) is 0. The van der Waals surface area contributed by atoms with Crippen molar-refractivity contribution in [1.82, 2.24) is 9.78 Å². The Morgan fingerprint density at radius 2 is 1.90 bits per heavy atom. The van der Waals surface area contributed by atoms with Gasteiger partial charge in [-0.25, -0.2) is 13.9 Å². The molecule has 160 valence electrons. The maximum atomic E-state index is 13.9. The largest absolute Gasteiger partial charge is 0.449 e. The molecule has 1 amide bonds. The quantitative estimate of drug-likeness (QED) is 0.394. The Hall–Kier alpha value is -3.26. The van der Waals surface area contributed by atoms with Gasteiger partial charge in [0.1, 0.15) is 5.82 Å². The summed E-state index contributed by atoms with van der Waals surface area (Å²) in [4.78, 5) is 24.4. The van der Waals surface area contributed by atoms with E-state index in [1.54, 1.807) is 16.8 Å². The minimum Gasteiger partial charge on any atom is -0.449 e. The van der Waals surface area contributed by atoms with Gasteiger partial charge in [-0.1, -0.05) is 34.1 Å². The van der Waals surface area contributed by atoms with Crippen LogP contribution in [0.25, 0.3) is 11.8 Å². The first kappa shape index (κ1) is 22.4. The van der Waals surface area contributed by atoms with Crippen molar-refractivity contribution < 1.29 is 18.7 Å². The van der Waals surface area contributed by atoms with Crippen LogP contribution in [-0.4, -0.2) is 27.8 Å². The molecule has 1 aromatic heterocycles.